The lowest BCUT2D eigenvalue weighted by molar-refractivity contribution is 0.285. The molecule has 2 heteroatoms. The molecule has 23 heavy (non-hydrogen) atoms. The number of hydrogen-bond donors (Lipinski definition) is 2. The van der Waals surface area contributed by atoms with Gasteiger partial charge in [0.2, 0.25) is 0 Å². The lowest BCUT2D eigenvalue weighted by atomic mass is 9.88. The van der Waals surface area contributed by atoms with E-state index < -0.39 is 0 Å². The molecule has 2 nitrogen and oxygen atoms in total. The Morgan fingerprint density at radius 3 is 2.13 bits per heavy atom. The molecule has 0 saturated heterocycles. The molecule has 5 aromatic rings. The third kappa shape index (κ3) is 1.51. The third-order valence-corrected chi connectivity index (χ3v) is 4.92. The van der Waals surface area contributed by atoms with E-state index in [2.05, 4.69) is 24.3 Å². The fraction of sp³-hybridized carbons (Fsp3) is 0.0476. The quantitative estimate of drug-likeness (QED) is 0.340. The van der Waals surface area contributed by atoms with Crippen molar-refractivity contribution in [2.24, 2.45) is 0 Å². The Kier molecular flexibility index (Phi) is 2.39. The molecule has 0 amide bonds. The van der Waals surface area contributed by atoms with Crippen LogP contribution in [0, 0.1) is 0 Å². The molecule has 0 spiro atoms. The Hall–Kier alpha value is -2.84. The maximum absolute atomic E-state index is 10.2. The maximum atomic E-state index is 10.2. The van der Waals surface area contributed by atoms with Gasteiger partial charge in [-0.05, 0) is 50.0 Å². The molecule has 0 saturated carbocycles. The van der Waals surface area contributed by atoms with Crippen LogP contribution in [0.1, 0.15) is 5.56 Å². The van der Waals surface area contributed by atoms with Crippen LogP contribution in [0.3, 0.4) is 0 Å². The van der Waals surface area contributed by atoms with Crippen molar-refractivity contribution in [3.63, 3.8) is 0 Å². The van der Waals surface area contributed by atoms with Gasteiger partial charge in [-0.2, -0.15) is 0 Å². The van der Waals surface area contributed by atoms with Crippen LogP contribution < -0.4 is 0 Å². The zero-order valence-corrected chi connectivity index (χ0v) is 12.4. The van der Waals surface area contributed by atoms with Crippen LogP contribution in [-0.4, -0.2) is 10.2 Å². The molecule has 0 bridgehead atoms. The molecule has 5 rings (SSSR count). The molecule has 0 radical (unpaired) electrons. The second kappa shape index (κ2) is 4.34. The van der Waals surface area contributed by atoms with Gasteiger partial charge in [-0.1, -0.05) is 48.5 Å². The summed E-state index contributed by atoms with van der Waals surface area (Å²) in [5, 5.41) is 28.8. The number of aliphatic hydroxyl groups is 1. The number of phenolic OH excluding ortho intramolecular Hbond substituents is 1. The average molecular weight is 298 g/mol. The van der Waals surface area contributed by atoms with E-state index in [1.807, 2.05) is 30.3 Å². The number of benzene rings is 5. The number of aromatic hydroxyl groups is 1. The standard InChI is InChI=1S/C21H14O2/c22-11-18-14-4-2-1-3-13(14)15-7-5-12-6-10-19(23)17-9-8-16(18)21(15)20(12)17/h1-10,22-23H,11H2. The summed E-state index contributed by atoms with van der Waals surface area (Å²) in [4.78, 5) is 0. The van der Waals surface area contributed by atoms with E-state index in [1.54, 1.807) is 6.07 Å². The Bertz CT molecular complexity index is 1200. The van der Waals surface area contributed by atoms with Crippen LogP contribution in [0.2, 0.25) is 0 Å². The van der Waals surface area contributed by atoms with E-state index in [0.717, 1.165) is 48.7 Å². The fourth-order valence-electron chi connectivity index (χ4n) is 3.91. The number of hydrogen-bond acceptors (Lipinski definition) is 2. The van der Waals surface area contributed by atoms with Crippen molar-refractivity contribution in [1.29, 1.82) is 0 Å². The Morgan fingerprint density at radius 2 is 1.30 bits per heavy atom. The van der Waals surface area contributed by atoms with Crippen molar-refractivity contribution >= 4 is 43.1 Å². The summed E-state index contributed by atoms with van der Waals surface area (Å²) < 4.78 is 0. The van der Waals surface area contributed by atoms with Gasteiger partial charge in [0.15, 0.2) is 0 Å². The number of aliphatic hydroxyl groups excluding tert-OH is 1. The first-order chi connectivity index (χ1) is 11.3. The smallest absolute Gasteiger partial charge is 0.123 e. The maximum Gasteiger partial charge on any atom is 0.123 e. The molecule has 0 aliphatic rings. The molecule has 5 aromatic carbocycles. The van der Waals surface area contributed by atoms with Crippen LogP contribution >= 0.6 is 0 Å². The summed E-state index contributed by atoms with van der Waals surface area (Å²) in [6, 6.07) is 20.1. The second-order valence-electron chi connectivity index (χ2n) is 6.01. The molecule has 0 unspecified atom stereocenters. The van der Waals surface area contributed by atoms with Gasteiger partial charge >= 0.3 is 0 Å². The van der Waals surface area contributed by atoms with Crippen molar-refractivity contribution in [2.75, 3.05) is 0 Å². The van der Waals surface area contributed by atoms with Crippen LogP contribution in [-0.2, 0) is 6.61 Å². The van der Waals surface area contributed by atoms with Gasteiger partial charge in [0.25, 0.3) is 0 Å². The Balaban J connectivity index is 2.22. The van der Waals surface area contributed by atoms with Crippen LogP contribution in [0.4, 0.5) is 0 Å². The highest BCUT2D eigenvalue weighted by Gasteiger charge is 2.16. The zero-order valence-electron chi connectivity index (χ0n) is 12.4. The van der Waals surface area contributed by atoms with E-state index in [1.165, 1.54) is 0 Å². The normalized spacial score (nSPS) is 12.0. The monoisotopic (exact) mass is 298 g/mol. The molecular weight excluding hydrogens is 284 g/mol. The van der Waals surface area contributed by atoms with Crippen molar-refractivity contribution < 1.29 is 10.2 Å². The first-order valence-corrected chi connectivity index (χ1v) is 7.70. The molecule has 110 valence electrons. The lowest BCUT2D eigenvalue weighted by Crippen LogP contribution is -1.93. The largest absolute Gasteiger partial charge is 0.507 e. The first-order valence-electron chi connectivity index (χ1n) is 7.70. The van der Waals surface area contributed by atoms with Gasteiger partial charge in [0.05, 0.1) is 6.61 Å². The third-order valence-electron chi connectivity index (χ3n) is 4.92. The highest BCUT2D eigenvalue weighted by molar-refractivity contribution is 6.30. The summed E-state index contributed by atoms with van der Waals surface area (Å²) in [6.07, 6.45) is 0. The van der Waals surface area contributed by atoms with Crippen molar-refractivity contribution in [3.05, 3.63) is 66.2 Å². The highest BCUT2D eigenvalue weighted by atomic mass is 16.3. The summed E-state index contributed by atoms with van der Waals surface area (Å²) >= 11 is 0. The second-order valence-corrected chi connectivity index (χ2v) is 6.01. The van der Waals surface area contributed by atoms with Gasteiger partial charge in [0, 0.05) is 10.8 Å². The first kappa shape index (κ1) is 12.7. The van der Waals surface area contributed by atoms with Gasteiger partial charge in [-0.15, -0.1) is 0 Å². The van der Waals surface area contributed by atoms with Gasteiger partial charge in [-0.3, -0.25) is 0 Å². The molecule has 0 aliphatic heterocycles. The summed E-state index contributed by atoms with van der Waals surface area (Å²) in [7, 11) is 0. The SMILES string of the molecule is OCc1c2ccccc2c2ccc3ccc(O)c4ccc1c2c34. The van der Waals surface area contributed by atoms with Crippen molar-refractivity contribution in [3.8, 4) is 5.75 Å². The highest BCUT2D eigenvalue weighted by Crippen LogP contribution is 2.42. The molecule has 0 fully saturated rings. The van der Waals surface area contributed by atoms with Crippen molar-refractivity contribution in [2.45, 2.75) is 6.61 Å². The van der Waals surface area contributed by atoms with E-state index in [4.69, 9.17) is 0 Å². The molecule has 0 heterocycles. The summed E-state index contributed by atoms with van der Waals surface area (Å²) in [6.45, 7) is 0.000658. The van der Waals surface area contributed by atoms with E-state index in [-0.39, 0.29) is 6.61 Å². The van der Waals surface area contributed by atoms with Gasteiger partial charge in [-0.25, -0.2) is 0 Å². The number of phenols is 1. The fourth-order valence-corrected chi connectivity index (χ4v) is 3.91. The minimum atomic E-state index is 0.000658. The molecule has 0 atom stereocenters. The minimum absolute atomic E-state index is 0.000658. The van der Waals surface area contributed by atoms with E-state index in [0.29, 0.717) is 5.75 Å². The topological polar surface area (TPSA) is 40.5 Å². The number of rotatable bonds is 1. The van der Waals surface area contributed by atoms with Gasteiger partial charge < -0.3 is 10.2 Å². The Labute approximate surface area is 132 Å². The molecule has 2 N–H and O–H groups in total. The Morgan fingerprint density at radius 1 is 0.609 bits per heavy atom. The van der Waals surface area contributed by atoms with Crippen LogP contribution in [0.5, 0.6) is 5.75 Å². The molecule has 0 aliphatic carbocycles. The van der Waals surface area contributed by atoms with Crippen LogP contribution in [0.15, 0.2) is 60.7 Å². The predicted octanol–water partition coefficient (Wildman–Crippen LogP) is 4.94. The van der Waals surface area contributed by atoms with Gasteiger partial charge in [0.1, 0.15) is 5.75 Å². The summed E-state index contributed by atoms with van der Waals surface area (Å²) in [5.74, 6) is 0.297. The zero-order chi connectivity index (χ0) is 15.6. The predicted molar refractivity (Wildman–Crippen MR) is 95.2 cm³/mol. The number of fused-ring (bicyclic) bond motifs is 2. The average Bonchev–Trinajstić information content (AvgIpc) is 2.60. The van der Waals surface area contributed by atoms with E-state index >= 15 is 0 Å². The minimum Gasteiger partial charge on any atom is -0.507 e. The van der Waals surface area contributed by atoms with Crippen LogP contribution in [0.25, 0.3) is 43.1 Å². The lowest BCUT2D eigenvalue weighted by Gasteiger charge is -2.17. The van der Waals surface area contributed by atoms with E-state index in [9.17, 15) is 10.2 Å². The summed E-state index contributed by atoms with van der Waals surface area (Å²) in [5.41, 5.74) is 0.950. The molecular formula is C21H14O2. The molecule has 0 aromatic heterocycles. The van der Waals surface area contributed by atoms with Crippen molar-refractivity contribution in [1.82, 2.24) is 0 Å².